The van der Waals surface area contributed by atoms with Crippen molar-refractivity contribution in [1.29, 1.82) is 0 Å². The number of unbranched alkanes of at least 4 members (excludes halogenated alkanes) is 7. The molecule has 0 N–H and O–H groups in total. The zero-order valence-electron chi connectivity index (χ0n) is 20.1. The van der Waals surface area contributed by atoms with E-state index in [9.17, 15) is 0 Å². The second kappa shape index (κ2) is 10.3. The number of hydrogen-bond donors (Lipinski definition) is 0. The van der Waals surface area contributed by atoms with Gasteiger partial charge in [0.2, 0.25) is 0 Å². The van der Waals surface area contributed by atoms with Crippen LogP contribution in [0.3, 0.4) is 0 Å². The molecule has 0 saturated carbocycles. The first kappa shape index (κ1) is 24.2. The minimum absolute atomic E-state index is 0.108. The molecule has 2 aliphatic heterocycles. The van der Waals surface area contributed by atoms with Crippen molar-refractivity contribution in [2.75, 3.05) is 13.7 Å². The molecule has 3 heteroatoms. The van der Waals surface area contributed by atoms with Crippen molar-refractivity contribution in [1.82, 2.24) is 4.90 Å². The molecular formula is C25H49NO2. The van der Waals surface area contributed by atoms with Gasteiger partial charge in [0.1, 0.15) is 0 Å². The highest BCUT2D eigenvalue weighted by Crippen LogP contribution is 2.53. The van der Waals surface area contributed by atoms with Gasteiger partial charge in [0.05, 0.1) is 12.7 Å². The SMILES string of the molecule is CCCCCCCCCCC1COC2(CC(C)(CC)N(C)C(C)(CC)C2C)O1. The molecule has 166 valence electrons. The van der Waals surface area contributed by atoms with Crippen molar-refractivity contribution in [3.8, 4) is 0 Å². The first-order chi connectivity index (χ1) is 13.3. The third-order valence-electron chi connectivity index (χ3n) is 8.53. The summed E-state index contributed by atoms with van der Waals surface area (Å²) in [6.07, 6.45) is 15.6. The lowest BCUT2D eigenvalue weighted by atomic mass is 9.66. The van der Waals surface area contributed by atoms with Crippen LogP contribution in [0.2, 0.25) is 0 Å². The monoisotopic (exact) mass is 395 g/mol. The number of ether oxygens (including phenoxy) is 2. The Morgan fingerprint density at radius 3 is 2.07 bits per heavy atom. The number of hydrogen-bond acceptors (Lipinski definition) is 3. The fraction of sp³-hybridized carbons (Fsp3) is 1.00. The highest BCUT2D eigenvalue weighted by atomic mass is 16.7. The molecule has 0 aromatic rings. The van der Waals surface area contributed by atoms with Crippen LogP contribution in [-0.2, 0) is 9.47 Å². The summed E-state index contributed by atoms with van der Waals surface area (Å²) in [6.45, 7) is 14.8. The molecule has 2 rings (SSSR count). The van der Waals surface area contributed by atoms with E-state index in [-0.39, 0.29) is 17.2 Å². The summed E-state index contributed by atoms with van der Waals surface area (Å²) in [5.74, 6) is -0.0227. The topological polar surface area (TPSA) is 21.7 Å². The molecular weight excluding hydrogens is 346 g/mol. The van der Waals surface area contributed by atoms with E-state index in [1.165, 1.54) is 51.4 Å². The van der Waals surface area contributed by atoms with Crippen LogP contribution < -0.4 is 0 Å². The van der Waals surface area contributed by atoms with Crippen molar-refractivity contribution in [3.05, 3.63) is 0 Å². The van der Waals surface area contributed by atoms with E-state index in [0.29, 0.717) is 5.92 Å². The summed E-state index contributed by atoms with van der Waals surface area (Å²) < 4.78 is 13.3. The largest absolute Gasteiger partial charge is 0.347 e. The third kappa shape index (κ3) is 4.95. The molecule has 28 heavy (non-hydrogen) atoms. The Hall–Kier alpha value is -0.120. The minimum Gasteiger partial charge on any atom is -0.347 e. The maximum absolute atomic E-state index is 6.76. The van der Waals surface area contributed by atoms with E-state index < -0.39 is 5.79 Å². The van der Waals surface area contributed by atoms with Gasteiger partial charge in [-0.1, -0.05) is 79.1 Å². The Labute approximate surface area is 175 Å². The Balaban J connectivity index is 1.87. The first-order valence-corrected chi connectivity index (χ1v) is 12.3. The fourth-order valence-electron chi connectivity index (χ4n) is 5.64. The van der Waals surface area contributed by atoms with E-state index in [0.717, 1.165) is 32.3 Å². The van der Waals surface area contributed by atoms with E-state index in [1.54, 1.807) is 0 Å². The summed E-state index contributed by atoms with van der Waals surface area (Å²) in [6, 6.07) is 0. The lowest BCUT2D eigenvalue weighted by Crippen LogP contribution is -2.70. The van der Waals surface area contributed by atoms with Gasteiger partial charge in [-0.25, -0.2) is 0 Å². The average Bonchev–Trinajstić information content (AvgIpc) is 3.10. The molecule has 2 saturated heterocycles. The molecule has 0 aromatic carbocycles. The minimum atomic E-state index is -0.396. The normalized spacial score (nSPS) is 39.1. The van der Waals surface area contributed by atoms with Gasteiger partial charge in [-0.15, -0.1) is 0 Å². The predicted octanol–water partition coefficient (Wildman–Crippen LogP) is 6.94. The summed E-state index contributed by atoms with van der Waals surface area (Å²) >= 11 is 0. The molecule has 0 radical (unpaired) electrons. The van der Waals surface area contributed by atoms with Crippen molar-refractivity contribution in [3.63, 3.8) is 0 Å². The second-order valence-corrected chi connectivity index (χ2v) is 10.1. The van der Waals surface area contributed by atoms with Crippen LogP contribution in [0.15, 0.2) is 0 Å². The Kier molecular flexibility index (Phi) is 8.85. The summed E-state index contributed by atoms with van der Waals surface area (Å²) in [5.41, 5.74) is 0.237. The molecule has 3 nitrogen and oxygen atoms in total. The number of piperidine rings is 1. The van der Waals surface area contributed by atoms with Gasteiger partial charge < -0.3 is 9.47 Å². The second-order valence-electron chi connectivity index (χ2n) is 10.1. The highest BCUT2D eigenvalue weighted by molar-refractivity contribution is 5.10. The lowest BCUT2D eigenvalue weighted by molar-refractivity contribution is -0.282. The molecule has 0 amide bonds. The summed E-state index contributed by atoms with van der Waals surface area (Å²) in [5, 5.41) is 0. The van der Waals surface area contributed by atoms with Crippen molar-refractivity contribution < 1.29 is 9.47 Å². The van der Waals surface area contributed by atoms with Crippen LogP contribution in [-0.4, -0.2) is 41.5 Å². The summed E-state index contributed by atoms with van der Waals surface area (Å²) in [4.78, 5) is 2.62. The molecule has 2 heterocycles. The van der Waals surface area contributed by atoms with Crippen LogP contribution in [0.1, 0.15) is 119 Å². The van der Waals surface area contributed by atoms with E-state index in [1.807, 2.05) is 0 Å². The zero-order chi connectivity index (χ0) is 20.8. The standard InChI is InChI=1S/C25H49NO2/c1-8-11-12-13-14-15-16-17-18-22-19-27-25(28-22)20-23(5,9-2)26(7)24(6,10-3)21(25)4/h21-22H,8-20H2,1-7H3. The van der Waals surface area contributed by atoms with Crippen molar-refractivity contribution >= 4 is 0 Å². The van der Waals surface area contributed by atoms with Crippen LogP contribution >= 0.6 is 0 Å². The molecule has 2 aliphatic rings. The molecule has 0 aromatic heterocycles. The molecule has 5 atom stereocenters. The average molecular weight is 396 g/mol. The Morgan fingerprint density at radius 2 is 1.50 bits per heavy atom. The van der Waals surface area contributed by atoms with Crippen LogP contribution in [0, 0.1) is 5.92 Å². The fourth-order valence-corrected chi connectivity index (χ4v) is 5.64. The van der Waals surface area contributed by atoms with Gasteiger partial charge in [0.15, 0.2) is 5.79 Å². The van der Waals surface area contributed by atoms with E-state index in [2.05, 4.69) is 53.5 Å². The molecule has 5 unspecified atom stereocenters. The number of rotatable bonds is 11. The number of likely N-dealkylation sites (tertiary alicyclic amines) is 1. The highest BCUT2D eigenvalue weighted by Gasteiger charge is 2.61. The third-order valence-corrected chi connectivity index (χ3v) is 8.53. The van der Waals surface area contributed by atoms with Crippen molar-refractivity contribution in [2.24, 2.45) is 5.92 Å². The lowest BCUT2D eigenvalue weighted by Gasteiger charge is -2.62. The summed E-state index contributed by atoms with van der Waals surface area (Å²) in [7, 11) is 2.31. The maximum Gasteiger partial charge on any atom is 0.174 e. The zero-order valence-corrected chi connectivity index (χ0v) is 20.1. The molecule has 1 spiro atoms. The van der Waals surface area contributed by atoms with Gasteiger partial charge in [0, 0.05) is 23.4 Å². The quantitative estimate of drug-likeness (QED) is 0.354. The maximum atomic E-state index is 6.76. The molecule has 2 fully saturated rings. The smallest absolute Gasteiger partial charge is 0.174 e. The molecule has 0 aliphatic carbocycles. The van der Waals surface area contributed by atoms with Gasteiger partial charge in [-0.05, 0) is 40.2 Å². The first-order valence-electron chi connectivity index (χ1n) is 12.3. The van der Waals surface area contributed by atoms with Gasteiger partial charge in [0.25, 0.3) is 0 Å². The van der Waals surface area contributed by atoms with Crippen LogP contribution in [0.25, 0.3) is 0 Å². The van der Waals surface area contributed by atoms with Crippen LogP contribution in [0.4, 0.5) is 0 Å². The van der Waals surface area contributed by atoms with Gasteiger partial charge in [-0.3, -0.25) is 4.90 Å². The number of nitrogens with zero attached hydrogens (tertiary/aromatic N) is 1. The van der Waals surface area contributed by atoms with Crippen LogP contribution in [0.5, 0.6) is 0 Å². The molecule has 0 bridgehead atoms. The Morgan fingerprint density at radius 1 is 0.893 bits per heavy atom. The van der Waals surface area contributed by atoms with E-state index in [4.69, 9.17) is 9.47 Å². The Bertz CT molecular complexity index is 469. The van der Waals surface area contributed by atoms with Crippen molar-refractivity contribution in [2.45, 2.75) is 142 Å². The van der Waals surface area contributed by atoms with Gasteiger partial charge in [-0.2, -0.15) is 0 Å². The van der Waals surface area contributed by atoms with E-state index >= 15 is 0 Å². The predicted molar refractivity (Wildman–Crippen MR) is 120 cm³/mol. The van der Waals surface area contributed by atoms with Gasteiger partial charge >= 0.3 is 0 Å².